The average molecular weight is 272 g/mol. The van der Waals surface area contributed by atoms with Crippen molar-refractivity contribution in [1.29, 1.82) is 0 Å². The number of nitro groups is 1. The van der Waals surface area contributed by atoms with Crippen LogP contribution in [0.5, 0.6) is 0 Å². The molecule has 78 valence electrons. The Kier molecular flexibility index (Phi) is 3.56. The maximum atomic E-state index is 10.6. The molecule has 0 spiro atoms. The number of halogens is 1. The number of nitrogens with zero attached hydrogens (tertiary/aromatic N) is 1. The number of benzene rings is 1. The van der Waals surface area contributed by atoms with Gasteiger partial charge < -0.3 is 5.11 Å². The summed E-state index contributed by atoms with van der Waals surface area (Å²) in [5, 5.41) is 19.0. The lowest BCUT2D eigenvalue weighted by Gasteiger charge is -1.97. The van der Waals surface area contributed by atoms with Gasteiger partial charge in [-0.3, -0.25) is 10.1 Å². The van der Waals surface area contributed by atoms with Crippen molar-refractivity contribution in [1.82, 2.24) is 0 Å². The summed E-state index contributed by atoms with van der Waals surface area (Å²) in [5.74, 6) is -1.15. The molecule has 0 radical (unpaired) electrons. The Balaban J connectivity index is 3.17. The molecular formula is C9H6BrNO4. The summed E-state index contributed by atoms with van der Waals surface area (Å²) in [6.07, 6.45) is 2.04. The highest BCUT2D eigenvalue weighted by molar-refractivity contribution is 9.10. The van der Waals surface area contributed by atoms with Crippen LogP contribution < -0.4 is 0 Å². The second kappa shape index (κ2) is 4.70. The zero-order valence-electron chi connectivity index (χ0n) is 7.38. The molecule has 1 aromatic rings. The van der Waals surface area contributed by atoms with Gasteiger partial charge in [0.15, 0.2) is 0 Å². The van der Waals surface area contributed by atoms with E-state index in [-0.39, 0.29) is 11.3 Å². The maximum Gasteiger partial charge on any atom is 0.328 e. The molecule has 0 aliphatic carbocycles. The van der Waals surface area contributed by atoms with E-state index in [2.05, 4.69) is 15.9 Å². The zero-order valence-corrected chi connectivity index (χ0v) is 8.97. The lowest BCUT2D eigenvalue weighted by molar-refractivity contribution is -0.385. The Hall–Kier alpha value is -1.69. The molecule has 0 saturated heterocycles. The van der Waals surface area contributed by atoms with Gasteiger partial charge in [-0.25, -0.2) is 4.79 Å². The highest BCUT2D eigenvalue weighted by Gasteiger charge is 2.11. The fraction of sp³-hybridized carbons (Fsp3) is 0. The Morgan fingerprint density at radius 3 is 2.73 bits per heavy atom. The topological polar surface area (TPSA) is 80.4 Å². The second-order valence-corrected chi connectivity index (χ2v) is 3.55. The highest BCUT2D eigenvalue weighted by atomic mass is 79.9. The van der Waals surface area contributed by atoms with E-state index < -0.39 is 10.9 Å². The molecule has 1 N–H and O–H groups in total. The lowest BCUT2D eigenvalue weighted by atomic mass is 10.1. The summed E-state index contributed by atoms with van der Waals surface area (Å²) in [5.41, 5.74) is 0.118. The molecule has 5 nitrogen and oxygen atoms in total. The minimum Gasteiger partial charge on any atom is -0.478 e. The van der Waals surface area contributed by atoms with Crippen molar-refractivity contribution < 1.29 is 14.8 Å². The van der Waals surface area contributed by atoms with Gasteiger partial charge in [0.1, 0.15) is 0 Å². The molecule has 15 heavy (non-hydrogen) atoms. The van der Waals surface area contributed by atoms with Crippen LogP contribution in [0.15, 0.2) is 28.7 Å². The quantitative estimate of drug-likeness (QED) is 0.520. The fourth-order valence-corrected chi connectivity index (χ4v) is 1.33. The van der Waals surface area contributed by atoms with E-state index in [1.807, 2.05) is 0 Å². The molecule has 1 rings (SSSR count). The van der Waals surface area contributed by atoms with E-state index in [1.165, 1.54) is 18.2 Å². The minimum atomic E-state index is -1.15. The first-order chi connectivity index (χ1) is 7.00. The van der Waals surface area contributed by atoms with Gasteiger partial charge >= 0.3 is 5.97 Å². The molecule has 0 aromatic heterocycles. The van der Waals surface area contributed by atoms with Crippen LogP contribution in [0.2, 0.25) is 0 Å². The van der Waals surface area contributed by atoms with Gasteiger partial charge in [-0.2, -0.15) is 0 Å². The first-order valence-corrected chi connectivity index (χ1v) is 4.65. The summed E-state index contributed by atoms with van der Waals surface area (Å²) < 4.78 is 0.571. The molecule has 6 heteroatoms. The average Bonchev–Trinajstić information content (AvgIpc) is 2.15. The van der Waals surface area contributed by atoms with Crippen LogP contribution in [0.25, 0.3) is 6.08 Å². The van der Waals surface area contributed by atoms with Gasteiger partial charge in [0.05, 0.1) is 10.5 Å². The Morgan fingerprint density at radius 1 is 1.53 bits per heavy atom. The first kappa shape index (κ1) is 11.4. The van der Waals surface area contributed by atoms with Crippen LogP contribution in [-0.2, 0) is 4.79 Å². The molecule has 0 heterocycles. The predicted octanol–water partition coefficient (Wildman–Crippen LogP) is 2.46. The van der Waals surface area contributed by atoms with Crippen LogP contribution in [0.3, 0.4) is 0 Å². The third-order valence-electron chi connectivity index (χ3n) is 1.59. The molecule has 0 atom stereocenters. The smallest absolute Gasteiger partial charge is 0.328 e. The third kappa shape index (κ3) is 3.17. The van der Waals surface area contributed by atoms with E-state index >= 15 is 0 Å². The highest BCUT2D eigenvalue weighted by Crippen LogP contribution is 2.24. The van der Waals surface area contributed by atoms with Crippen LogP contribution in [0.4, 0.5) is 5.69 Å². The van der Waals surface area contributed by atoms with Gasteiger partial charge in [-0.05, 0) is 18.2 Å². The van der Waals surface area contributed by atoms with Crippen molar-refractivity contribution >= 4 is 33.7 Å². The van der Waals surface area contributed by atoms with Crippen molar-refractivity contribution in [3.8, 4) is 0 Å². The van der Waals surface area contributed by atoms with Crippen molar-refractivity contribution in [3.05, 3.63) is 44.4 Å². The second-order valence-electron chi connectivity index (χ2n) is 2.63. The molecule has 0 unspecified atom stereocenters. The van der Waals surface area contributed by atoms with E-state index in [0.717, 1.165) is 6.08 Å². The molecule has 0 fully saturated rings. The van der Waals surface area contributed by atoms with Gasteiger partial charge in [-0.15, -0.1) is 0 Å². The Bertz CT molecular complexity index is 442. The van der Waals surface area contributed by atoms with Crippen molar-refractivity contribution in [2.45, 2.75) is 0 Å². The number of hydrogen-bond donors (Lipinski definition) is 1. The van der Waals surface area contributed by atoms with Crippen LogP contribution in [0.1, 0.15) is 5.56 Å². The summed E-state index contributed by atoms with van der Waals surface area (Å²) in [7, 11) is 0. The molecule has 0 aliphatic heterocycles. The number of carboxylic acid groups (broad SMARTS) is 1. The molecular weight excluding hydrogens is 266 g/mol. The molecule has 1 aromatic carbocycles. The van der Waals surface area contributed by atoms with Crippen molar-refractivity contribution in [2.75, 3.05) is 0 Å². The third-order valence-corrected chi connectivity index (χ3v) is 2.09. The largest absolute Gasteiger partial charge is 0.478 e. The maximum absolute atomic E-state index is 10.6. The van der Waals surface area contributed by atoms with Gasteiger partial charge in [0.25, 0.3) is 5.69 Å². The van der Waals surface area contributed by atoms with Crippen LogP contribution >= 0.6 is 15.9 Å². The van der Waals surface area contributed by atoms with E-state index in [1.54, 1.807) is 6.07 Å². The summed E-state index contributed by atoms with van der Waals surface area (Å²) in [6.45, 7) is 0. The number of carbonyl (C=O) groups is 1. The number of hydrogen-bond acceptors (Lipinski definition) is 3. The van der Waals surface area contributed by atoms with Gasteiger partial charge in [0, 0.05) is 16.6 Å². The SMILES string of the molecule is O=C(O)/C=C/c1ccc(Br)cc1[N+](=O)[O-]. The predicted molar refractivity (Wildman–Crippen MR) is 57.5 cm³/mol. The standard InChI is InChI=1S/C9H6BrNO4/c10-7-3-1-6(2-4-9(12)13)8(5-7)11(14)15/h1-5H,(H,12,13)/b4-2+. The van der Waals surface area contributed by atoms with Gasteiger partial charge in [-0.1, -0.05) is 15.9 Å². The summed E-state index contributed by atoms with van der Waals surface area (Å²) >= 11 is 3.10. The Labute approximate surface area is 93.3 Å². The minimum absolute atomic E-state index is 0.137. The summed E-state index contributed by atoms with van der Waals surface area (Å²) in [6, 6.07) is 4.40. The molecule has 0 amide bonds. The van der Waals surface area contributed by atoms with E-state index in [9.17, 15) is 14.9 Å². The normalized spacial score (nSPS) is 10.5. The number of carboxylic acids is 1. The Morgan fingerprint density at radius 2 is 2.20 bits per heavy atom. The van der Waals surface area contributed by atoms with Crippen molar-refractivity contribution in [3.63, 3.8) is 0 Å². The van der Waals surface area contributed by atoms with Crippen LogP contribution in [-0.4, -0.2) is 16.0 Å². The summed E-state index contributed by atoms with van der Waals surface area (Å²) in [4.78, 5) is 20.3. The van der Waals surface area contributed by atoms with E-state index in [4.69, 9.17) is 5.11 Å². The van der Waals surface area contributed by atoms with Crippen LogP contribution in [0, 0.1) is 10.1 Å². The van der Waals surface area contributed by atoms with Gasteiger partial charge in [0.2, 0.25) is 0 Å². The molecule has 0 bridgehead atoms. The van der Waals surface area contributed by atoms with Crippen molar-refractivity contribution in [2.24, 2.45) is 0 Å². The first-order valence-electron chi connectivity index (χ1n) is 3.85. The fourth-order valence-electron chi connectivity index (χ4n) is 0.977. The monoisotopic (exact) mass is 271 g/mol. The number of aliphatic carboxylic acids is 1. The molecule has 0 saturated carbocycles. The molecule has 0 aliphatic rings. The lowest BCUT2D eigenvalue weighted by Crippen LogP contribution is -1.92. The number of nitro benzene ring substituents is 1. The zero-order chi connectivity index (χ0) is 11.4. The van der Waals surface area contributed by atoms with E-state index in [0.29, 0.717) is 4.47 Å². The number of rotatable bonds is 3.